The van der Waals surface area contributed by atoms with Crippen molar-refractivity contribution in [2.24, 2.45) is 0 Å². The summed E-state index contributed by atoms with van der Waals surface area (Å²) in [6.07, 6.45) is 2.05. The maximum Gasteiger partial charge on any atom is 0.273 e. The number of nitrogens with zero attached hydrogens (tertiary/aromatic N) is 2. The molecule has 0 atom stereocenters. The van der Waals surface area contributed by atoms with Gasteiger partial charge in [-0.05, 0) is 45.0 Å². The summed E-state index contributed by atoms with van der Waals surface area (Å²) in [5.74, 6) is 0. The maximum absolute atomic E-state index is 13.7. The zero-order valence-corrected chi connectivity index (χ0v) is 20.0. The summed E-state index contributed by atoms with van der Waals surface area (Å²) in [6, 6.07) is 8.28. The van der Waals surface area contributed by atoms with Crippen LogP contribution < -0.4 is 21.6 Å². The molecule has 0 amide bonds. The number of aromatic nitrogens is 2. The van der Waals surface area contributed by atoms with Crippen LogP contribution in [0.5, 0.6) is 0 Å². The Morgan fingerprint density at radius 1 is 0.750 bits per heavy atom. The molecular formula is C25H16N2O2S3. The number of fused-ring (bicyclic) bond motifs is 9. The van der Waals surface area contributed by atoms with E-state index in [2.05, 4.69) is 37.8 Å². The number of hydrogen-bond donors (Lipinski definition) is 0. The van der Waals surface area contributed by atoms with Gasteiger partial charge >= 0.3 is 0 Å². The van der Waals surface area contributed by atoms with E-state index in [4.69, 9.17) is 0 Å². The summed E-state index contributed by atoms with van der Waals surface area (Å²) in [4.78, 5) is 29.7. The molecule has 32 heavy (non-hydrogen) atoms. The molecule has 0 aliphatic heterocycles. The minimum Gasteiger partial charge on any atom is -0.274 e. The van der Waals surface area contributed by atoms with Crippen molar-refractivity contribution in [1.82, 2.24) is 8.80 Å². The first kappa shape index (κ1) is 18.6. The Labute approximate surface area is 192 Å². The van der Waals surface area contributed by atoms with Gasteiger partial charge in [-0.3, -0.25) is 18.4 Å². The van der Waals surface area contributed by atoms with E-state index in [-0.39, 0.29) is 11.1 Å². The molecule has 7 rings (SSSR count). The molecule has 0 bridgehead atoms. The van der Waals surface area contributed by atoms with E-state index in [9.17, 15) is 9.59 Å². The average molecular weight is 473 g/mol. The monoisotopic (exact) mass is 472 g/mol. The van der Waals surface area contributed by atoms with Gasteiger partial charge in [0.15, 0.2) is 0 Å². The summed E-state index contributed by atoms with van der Waals surface area (Å²) in [7, 11) is 0. The molecule has 7 aromatic rings. The van der Waals surface area contributed by atoms with E-state index < -0.39 is 0 Å². The van der Waals surface area contributed by atoms with Crippen molar-refractivity contribution in [3.63, 3.8) is 0 Å². The fraction of sp³-hybridized carbons (Fsp3) is 0.120. The van der Waals surface area contributed by atoms with Crippen molar-refractivity contribution in [2.75, 3.05) is 0 Å². The number of thiophene rings is 3. The van der Waals surface area contributed by atoms with Crippen LogP contribution in [0.15, 0.2) is 33.9 Å². The summed E-state index contributed by atoms with van der Waals surface area (Å²) in [5.41, 5.74) is 3.45. The van der Waals surface area contributed by atoms with Gasteiger partial charge in [-0.2, -0.15) is 0 Å². The predicted molar refractivity (Wildman–Crippen MR) is 140 cm³/mol. The Morgan fingerprint density at radius 2 is 1.28 bits per heavy atom. The van der Waals surface area contributed by atoms with Gasteiger partial charge in [0.25, 0.3) is 11.1 Å². The van der Waals surface area contributed by atoms with E-state index in [1.54, 1.807) is 27.1 Å². The molecule has 0 saturated carbocycles. The van der Waals surface area contributed by atoms with Gasteiger partial charge in [-0.25, -0.2) is 0 Å². The van der Waals surface area contributed by atoms with E-state index in [1.165, 1.54) is 21.1 Å². The van der Waals surface area contributed by atoms with Gasteiger partial charge in [0.1, 0.15) is 9.40 Å². The minimum atomic E-state index is -0.0703. The molecule has 7 heterocycles. The summed E-state index contributed by atoms with van der Waals surface area (Å²) >= 11 is 4.68. The highest BCUT2D eigenvalue weighted by Gasteiger charge is 2.21. The lowest BCUT2D eigenvalue weighted by atomic mass is 10.1. The molecule has 7 heteroatoms. The van der Waals surface area contributed by atoms with Gasteiger partial charge in [-0.1, -0.05) is 12.7 Å². The van der Waals surface area contributed by atoms with Crippen LogP contribution in [0, 0.1) is 13.8 Å². The standard InChI is InChI=1S/C25H16N2O2S3/c1-5-13-15-9-19-17(7-11(3)31-19)27(15)25(29)23-21(13)20-12(4)14-8-18-16(6-10(2)30-18)26(14)24(28)22(20)32-23/h5-9H,4H2,1-3H3/b13-5-. The molecule has 0 spiro atoms. The van der Waals surface area contributed by atoms with Crippen molar-refractivity contribution in [3.05, 3.63) is 65.2 Å². The third kappa shape index (κ3) is 2.02. The lowest BCUT2D eigenvalue weighted by molar-refractivity contribution is 1.20. The maximum atomic E-state index is 13.7. The highest BCUT2D eigenvalue weighted by Crippen LogP contribution is 2.32. The van der Waals surface area contributed by atoms with Crippen molar-refractivity contribution in [3.8, 4) is 0 Å². The molecule has 0 saturated heterocycles. The van der Waals surface area contributed by atoms with Crippen LogP contribution in [0.25, 0.3) is 64.3 Å². The number of hydrogen-bond acceptors (Lipinski definition) is 5. The van der Waals surface area contributed by atoms with Crippen molar-refractivity contribution in [2.45, 2.75) is 20.8 Å². The van der Waals surface area contributed by atoms with E-state index in [1.807, 2.05) is 24.3 Å². The van der Waals surface area contributed by atoms with Crippen molar-refractivity contribution < 1.29 is 0 Å². The number of rotatable bonds is 0. The second-order valence-electron chi connectivity index (χ2n) is 8.24. The molecule has 0 fully saturated rings. The van der Waals surface area contributed by atoms with Gasteiger partial charge in [0, 0.05) is 31.0 Å². The Balaban J connectivity index is 1.83. The molecule has 4 nitrogen and oxygen atoms in total. The Hall–Kier alpha value is -3.00. The van der Waals surface area contributed by atoms with Gasteiger partial charge in [-0.15, -0.1) is 34.0 Å². The molecule has 0 radical (unpaired) electrons. The highest BCUT2D eigenvalue weighted by atomic mass is 32.1. The summed E-state index contributed by atoms with van der Waals surface area (Å²) in [6.45, 7) is 10.5. The molecule has 0 N–H and O–H groups in total. The first-order chi connectivity index (χ1) is 15.4. The zero-order valence-electron chi connectivity index (χ0n) is 17.5. The molecule has 156 valence electrons. The van der Waals surface area contributed by atoms with Gasteiger partial charge in [0.2, 0.25) is 0 Å². The first-order valence-electron chi connectivity index (χ1n) is 10.3. The Bertz CT molecular complexity index is 2180. The molecular weight excluding hydrogens is 456 g/mol. The van der Waals surface area contributed by atoms with E-state index in [0.29, 0.717) is 9.40 Å². The van der Waals surface area contributed by atoms with Crippen LogP contribution in [0.4, 0.5) is 0 Å². The van der Waals surface area contributed by atoms with Crippen LogP contribution in [0.3, 0.4) is 0 Å². The number of pyridine rings is 2. The first-order valence-corrected chi connectivity index (χ1v) is 12.7. The number of aryl methyl sites for hydroxylation is 2. The molecule has 0 unspecified atom stereocenters. The Kier molecular flexibility index (Phi) is 3.40. The fourth-order valence-corrected chi connectivity index (χ4v) is 8.21. The second-order valence-corrected chi connectivity index (χ2v) is 11.8. The molecule has 0 aliphatic rings. The fourth-order valence-electron chi connectivity index (χ4n) is 5.12. The van der Waals surface area contributed by atoms with Crippen LogP contribution >= 0.6 is 34.0 Å². The van der Waals surface area contributed by atoms with Crippen LogP contribution in [0.2, 0.25) is 0 Å². The predicted octanol–water partition coefficient (Wildman–Crippen LogP) is 4.98. The lowest BCUT2D eigenvalue weighted by Gasteiger charge is -2.02. The van der Waals surface area contributed by atoms with Crippen molar-refractivity contribution in [1.29, 1.82) is 0 Å². The van der Waals surface area contributed by atoms with Crippen molar-refractivity contribution >= 4 is 98.3 Å². The average Bonchev–Trinajstić information content (AvgIpc) is 3.51. The van der Waals surface area contributed by atoms with Crippen LogP contribution in [-0.4, -0.2) is 8.80 Å². The van der Waals surface area contributed by atoms with Gasteiger partial charge < -0.3 is 0 Å². The topological polar surface area (TPSA) is 43.0 Å². The third-order valence-corrected chi connectivity index (χ3v) is 9.51. The molecule has 0 aromatic carbocycles. The van der Waals surface area contributed by atoms with Crippen LogP contribution in [0.1, 0.15) is 16.7 Å². The second kappa shape index (κ2) is 5.86. The minimum absolute atomic E-state index is 0.0606. The molecule has 7 aromatic heterocycles. The third-order valence-electron chi connectivity index (χ3n) is 6.37. The summed E-state index contributed by atoms with van der Waals surface area (Å²) in [5, 5.41) is 3.47. The largest absolute Gasteiger partial charge is 0.274 e. The van der Waals surface area contributed by atoms with E-state index in [0.717, 1.165) is 52.7 Å². The van der Waals surface area contributed by atoms with Gasteiger partial charge in [0.05, 0.1) is 31.5 Å². The highest BCUT2D eigenvalue weighted by molar-refractivity contribution is 7.25. The lowest BCUT2D eigenvalue weighted by Crippen LogP contribution is -2.21. The summed E-state index contributed by atoms with van der Waals surface area (Å²) < 4.78 is 7.00. The Morgan fingerprint density at radius 3 is 1.88 bits per heavy atom. The zero-order chi connectivity index (χ0) is 22.0. The normalized spacial score (nSPS) is 13.4. The van der Waals surface area contributed by atoms with Crippen LogP contribution in [-0.2, 0) is 0 Å². The van der Waals surface area contributed by atoms with E-state index >= 15 is 0 Å². The smallest absolute Gasteiger partial charge is 0.273 e. The molecule has 0 aliphatic carbocycles. The SMILES string of the molecule is C=c1c2c(sc3c(=O)n4c(cc5sc(C)cc54)/c(=C/C)c32)c(=O)n2c1cc1sc(C)cc12. The quantitative estimate of drug-likeness (QED) is 0.313.